The number of hydrogen-bond donors (Lipinski definition) is 0. The van der Waals surface area contributed by atoms with Crippen molar-refractivity contribution in [2.75, 3.05) is 9.80 Å². The van der Waals surface area contributed by atoms with Gasteiger partial charge >= 0.3 is 0 Å². The first-order chi connectivity index (χ1) is 37.5. The largest absolute Gasteiger partial charge is 0.311 e. The van der Waals surface area contributed by atoms with Crippen LogP contribution in [0.5, 0.6) is 0 Å². The Labute approximate surface area is 467 Å². The van der Waals surface area contributed by atoms with Gasteiger partial charge in [-0.2, -0.15) is 0 Å². The summed E-state index contributed by atoms with van der Waals surface area (Å²) < 4.78 is 2.73. The summed E-state index contributed by atoms with van der Waals surface area (Å²) in [4.78, 5) is 5.28. The summed E-state index contributed by atoms with van der Waals surface area (Å²) in [5.74, 6) is 1.57. The van der Waals surface area contributed by atoms with Crippen molar-refractivity contribution in [1.82, 2.24) is 0 Å². The van der Waals surface area contributed by atoms with Crippen LogP contribution in [0.15, 0.2) is 176 Å². The molecule has 3 heterocycles. The van der Waals surface area contributed by atoms with Gasteiger partial charge in [0.2, 0.25) is 0 Å². The van der Waals surface area contributed by atoms with Gasteiger partial charge in [0.25, 0.3) is 6.71 Å². The molecule has 0 N–H and O–H groups in total. The molecule has 10 aromatic rings. The summed E-state index contributed by atoms with van der Waals surface area (Å²) in [6.45, 7) is 27.9. The van der Waals surface area contributed by atoms with Crippen LogP contribution in [0, 0.1) is 6.92 Å². The standard InChI is InChI=1S/C74H69BN2S/c1-42(2)47-24-30-52(31-25-47)77-67-37-46(9)36-66-70(67)75(64-35-27-49(69-53(44(5)6)20-17-21-54(69)45(7)8)39-65(64)76(66)51-32-28-50(29-33-51)73(10,11)12)72-71(77)59-40-58-57-34-26-48(43(3)4)38-62(57)74(63(58)41-68(59)78-72)60-22-15-13-18-55(60)56-19-14-16-23-61(56)74/h13-45H,1-12H3. The smallest absolute Gasteiger partial charge is 0.264 e. The normalized spacial score (nSPS) is 14.4. The molecular formula is C74H69BN2S. The van der Waals surface area contributed by atoms with Crippen molar-refractivity contribution in [2.45, 2.75) is 118 Å². The fourth-order valence-electron chi connectivity index (χ4n) is 14.3. The molecule has 0 saturated heterocycles. The third kappa shape index (κ3) is 6.94. The van der Waals surface area contributed by atoms with Crippen molar-refractivity contribution in [2.24, 2.45) is 0 Å². The number of hydrogen-bond acceptors (Lipinski definition) is 3. The number of thiophene rings is 1. The van der Waals surface area contributed by atoms with Crippen LogP contribution in [-0.4, -0.2) is 6.71 Å². The predicted octanol–water partition coefficient (Wildman–Crippen LogP) is 19.1. The van der Waals surface area contributed by atoms with Crippen LogP contribution >= 0.6 is 11.3 Å². The number of fused-ring (bicyclic) bond motifs is 16. The highest BCUT2D eigenvalue weighted by molar-refractivity contribution is 7.33. The molecule has 0 radical (unpaired) electrons. The average Bonchev–Trinajstić information content (AvgIpc) is 2.58. The van der Waals surface area contributed by atoms with Gasteiger partial charge in [0.15, 0.2) is 0 Å². The maximum Gasteiger partial charge on any atom is 0.264 e. The summed E-state index contributed by atoms with van der Waals surface area (Å²) >= 11 is 2.03. The Balaban J connectivity index is 1.09. The Hall–Kier alpha value is -7.40. The van der Waals surface area contributed by atoms with E-state index in [1.807, 2.05) is 11.3 Å². The molecule has 78 heavy (non-hydrogen) atoms. The first-order valence-electron chi connectivity index (χ1n) is 28.7. The second-order valence-corrected chi connectivity index (χ2v) is 26.4. The first kappa shape index (κ1) is 48.9. The van der Waals surface area contributed by atoms with Gasteiger partial charge in [0.05, 0.1) is 11.1 Å². The van der Waals surface area contributed by atoms with E-state index in [2.05, 4.69) is 269 Å². The van der Waals surface area contributed by atoms with E-state index in [-0.39, 0.29) is 12.1 Å². The molecule has 14 rings (SSSR count). The molecule has 0 fully saturated rings. The first-order valence-corrected chi connectivity index (χ1v) is 29.5. The number of anilines is 6. The van der Waals surface area contributed by atoms with Gasteiger partial charge in [-0.15, -0.1) is 11.3 Å². The van der Waals surface area contributed by atoms with E-state index < -0.39 is 5.41 Å². The molecule has 2 aliphatic heterocycles. The lowest BCUT2D eigenvalue weighted by Gasteiger charge is -2.43. The van der Waals surface area contributed by atoms with Gasteiger partial charge in [0, 0.05) is 43.3 Å². The van der Waals surface area contributed by atoms with Crippen LogP contribution in [0.4, 0.5) is 34.1 Å². The lowest BCUT2D eigenvalue weighted by Crippen LogP contribution is -2.60. The lowest BCUT2D eigenvalue weighted by molar-refractivity contribution is 0.590. The molecule has 384 valence electrons. The molecule has 0 saturated carbocycles. The van der Waals surface area contributed by atoms with Crippen LogP contribution in [0.3, 0.4) is 0 Å². The van der Waals surface area contributed by atoms with Crippen molar-refractivity contribution in [3.63, 3.8) is 0 Å². The molecule has 2 nitrogen and oxygen atoms in total. The number of aryl methyl sites for hydroxylation is 1. The van der Waals surface area contributed by atoms with Gasteiger partial charge < -0.3 is 9.80 Å². The van der Waals surface area contributed by atoms with E-state index in [1.54, 1.807) is 0 Å². The van der Waals surface area contributed by atoms with E-state index in [0.717, 1.165) is 0 Å². The molecular weight excluding hydrogens is 960 g/mol. The fraction of sp³-hybridized carbons (Fsp3) is 0.243. The summed E-state index contributed by atoms with van der Waals surface area (Å²) in [6, 6.07) is 69.7. The molecule has 1 spiro atoms. The minimum atomic E-state index is -0.445. The summed E-state index contributed by atoms with van der Waals surface area (Å²) in [5, 5.41) is 1.32. The third-order valence-corrected chi connectivity index (χ3v) is 19.4. The lowest BCUT2D eigenvalue weighted by atomic mass is 9.36. The van der Waals surface area contributed by atoms with Crippen molar-refractivity contribution in [3.05, 3.63) is 232 Å². The van der Waals surface area contributed by atoms with Crippen molar-refractivity contribution in [3.8, 4) is 33.4 Å². The van der Waals surface area contributed by atoms with Crippen LogP contribution in [0.1, 0.15) is 155 Å². The Kier molecular flexibility index (Phi) is 11.0. The Morgan fingerprint density at radius 3 is 1.65 bits per heavy atom. The summed E-state index contributed by atoms with van der Waals surface area (Å²) in [7, 11) is 0. The summed E-state index contributed by atoms with van der Waals surface area (Å²) in [5.41, 5.74) is 31.5. The number of benzene rings is 9. The second kappa shape index (κ2) is 17.6. The fourth-order valence-corrected chi connectivity index (χ4v) is 15.7. The minimum Gasteiger partial charge on any atom is -0.311 e. The quantitative estimate of drug-likeness (QED) is 0.147. The predicted molar refractivity (Wildman–Crippen MR) is 337 cm³/mol. The van der Waals surface area contributed by atoms with Gasteiger partial charge in [-0.1, -0.05) is 197 Å². The van der Waals surface area contributed by atoms with Crippen LogP contribution in [0.2, 0.25) is 0 Å². The highest BCUT2D eigenvalue weighted by atomic mass is 32.1. The Bertz CT molecular complexity index is 4030. The van der Waals surface area contributed by atoms with E-state index in [0.29, 0.717) is 23.7 Å². The maximum atomic E-state index is 2.66. The Morgan fingerprint density at radius 2 is 1.04 bits per heavy atom. The molecule has 2 aliphatic carbocycles. The third-order valence-electron chi connectivity index (χ3n) is 18.2. The molecule has 0 amide bonds. The highest BCUT2D eigenvalue weighted by Crippen LogP contribution is 2.64. The molecule has 4 heteroatoms. The summed E-state index contributed by atoms with van der Waals surface area (Å²) in [6.07, 6.45) is 0. The van der Waals surface area contributed by atoms with Crippen molar-refractivity contribution >= 4 is 78.0 Å². The number of rotatable bonds is 7. The van der Waals surface area contributed by atoms with E-state index in [9.17, 15) is 0 Å². The average molecular weight is 1030 g/mol. The van der Waals surface area contributed by atoms with E-state index >= 15 is 0 Å². The van der Waals surface area contributed by atoms with Gasteiger partial charge in [0.1, 0.15) is 0 Å². The van der Waals surface area contributed by atoms with E-state index in [1.165, 1.54) is 149 Å². The molecule has 1 aromatic heterocycles. The Morgan fingerprint density at radius 1 is 0.474 bits per heavy atom. The zero-order chi connectivity index (χ0) is 53.8. The zero-order valence-corrected chi connectivity index (χ0v) is 48.2. The highest BCUT2D eigenvalue weighted by Gasteiger charge is 2.53. The monoisotopic (exact) mass is 1030 g/mol. The topological polar surface area (TPSA) is 6.48 Å². The molecule has 4 aliphatic rings. The van der Waals surface area contributed by atoms with Gasteiger partial charge in [-0.25, -0.2) is 0 Å². The molecule has 9 aromatic carbocycles. The molecule has 0 bridgehead atoms. The van der Waals surface area contributed by atoms with Gasteiger partial charge in [-0.3, -0.25) is 0 Å². The minimum absolute atomic E-state index is 0.00846. The van der Waals surface area contributed by atoms with Crippen molar-refractivity contribution < 1.29 is 0 Å². The van der Waals surface area contributed by atoms with Crippen LogP contribution < -0.4 is 25.5 Å². The second-order valence-electron chi connectivity index (χ2n) is 25.3. The molecule has 0 atom stereocenters. The number of nitrogens with zero attached hydrogens (tertiary/aromatic N) is 2. The zero-order valence-electron chi connectivity index (χ0n) is 47.4. The SMILES string of the molecule is Cc1cc2c3c(c1)N(c1ccc(C(C)C)cc1)c1c(sc4cc5c(cc14)-c1ccc(C(C)C)cc1C51c4ccccc4-c4ccccc41)B3c1ccc(-c3c(C(C)C)cccc3C(C)C)cc1N2c1ccc(C(C)(C)C)cc1. The van der Waals surface area contributed by atoms with Crippen molar-refractivity contribution in [1.29, 1.82) is 0 Å². The maximum absolute atomic E-state index is 2.66. The van der Waals surface area contributed by atoms with E-state index in [4.69, 9.17) is 0 Å². The van der Waals surface area contributed by atoms with Crippen LogP contribution in [0.25, 0.3) is 43.5 Å². The molecule has 0 unspecified atom stereocenters. The van der Waals surface area contributed by atoms with Crippen LogP contribution in [-0.2, 0) is 10.8 Å². The van der Waals surface area contributed by atoms with Gasteiger partial charge in [-0.05, 0) is 191 Å².